The van der Waals surface area contributed by atoms with Gasteiger partial charge in [-0.05, 0) is 18.4 Å². The van der Waals surface area contributed by atoms with Crippen molar-refractivity contribution in [3.05, 3.63) is 23.7 Å². The zero-order valence-corrected chi connectivity index (χ0v) is 7.76. The molecule has 0 amide bonds. The number of ketones is 1. The van der Waals surface area contributed by atoms with Crippen molar-refractivity contribution >= 4 is 5.78 Å². The molecule has 0 fully saturated rings. The maximum atomic E-state index is 11.5. The summed E-state index contributed by atoms with van der Waals surface area (Å²) in [6, 6.07) is 0. The molecule has 1 heterocycles. The van der Waals surface area contributed by atoms with Gasteiger partial charge in [-0.2, -0.15) is 0 Å². The van der Waals surface area contributed by atoms with Gasteiger partial charge in [0.2, 0.25) is 0 Å². The molecule has 0 bridgehead atoms. The van der Waals surface area contributed by atoms with Crippen molar-refractivity contribution < 1.29 is 9.21 Å². The smallest absolute Gasteiger partial charge is 0.166 e. The first-order valence-corrected chi connectivity index (χ1v) is 4.17. The summed E-state index contributed by atoms with van der Waals surface area (Å²) in [5.41, 5.74) is 1.66. The molecule has 0 aliphatic heterocycles. The minimum Gasteiger partial charge on any atom is -0.472 e. The van der Waals surface area contributed by atoms with Crippen LogP contribution in [0.15, 0.2) is 16.9 Å². The molecule has 0 aliphatic rings. The lowest BCUT2D eigenvalue weighted by Crippen LogP contribution is -2.03. The Morgan fingerprint density at radius 1 is 1.50 bits per heavy atom. The summed E-state index contributed by atoms with van der Waals surface area (Å²) in [5.74, 6) is 0.586. The van der Waals surface area contributed by atoms with Crippen LogP contribution in [0.2, 0.25) is 0 Å². The predicted molar refractivity (Wildman–Crippen MR) is 47.2 cm³/mol. The zero-order chi connectivity index (χ0) is 9.14. The normalized spacial score (nSPS) is 10.7. The molecule has 0 spiro atoms. The van der Waals surface area contributed by atoms with E-state index in [1.165, 1.54) is 6.26 Å². The Labute approximate surface area is 72.6 Å². The molecule has 0 aliphatic carbocycles. The van der Waals surface area contributed by atoms with Crippen molar-refractivity contribution in [1.82, 2.24) is 0 Å². The highest BCUT2D eigenvalue weighted by atomic mass is 16.3. The fourth-order valence-electron chi connectivity index (χ4n) is 1.13. The Kier molecular flexibility index (Phi) is 2.69. The number of rotatable bonds is 3. The zero-order valence-electron chi connectivity index (χ0n) is 7.76. The van der Waals surface area contributed by atoms with Crippen LogP contribution in [0.1, 0.15) is 36.2 Å². The van der Waals surface area contributed by atoms with E-state index >= 15 is 0 Å². The molecule has 1 aromatic rings. The maximum absolute atomic E-state index is 11.5. The summed E-state index contributed by atoms with van der Waals surface area (Å²) >= 11 is 0. The van der Waals surface area contributed by atoms with Crippen LogP contribution >= 0.6 is 0 Å². The van der Waals surface area contributed by atoms with Crippen LogP contribution < -0.4 is 0 Å². The molecule has 66 valence electrons. The minimum atomic E-state index is 0.177. The Morgan fingerprint density at radius 2 is 2.17 bits per heavy atom. The Morgan fingerprint density at radius 3 is 2.58 bits per heavy atom. The Balaban J connectivity index is 2.72. The second-order valence-electron chi connectivity index (χ2n) is 3.49. The van der Waals surface area contributed by atoms with Crippen LogP contribution in [-0.2, 0) is 0 Å². The third-order valence-electron chi connectivity index (χ3n) is 1.75. The summed E-state index contributed by atoms with van der Waals surface area (Å²) in [5, 5.41) is 0. The van der Waals surface area contributed by atoms with Gasteiger partial charge >= 0.3 is 0 Å². The summed E-state index contributed by atoms with van der Waals surface area (Å²) in [4.78, 5) is 11.5. The standard InChI is InChI=1S/C10H14O2/c1-7(2)4-10(11)9-6-12-5-8(9)3/h5-7H,4H2,1-3H3. The number of carbonyl (C=O) groups excluding carboxylic acids is 1. The fraction of sp³-hybridized carbons (Fsp3) is 0.500. The summed E-state index contributed by atoms with van der Waals surface area (Å²) in [7, 11) is 0. The highest BCUT2D eigenvalue weighted by Crippen LogP contribution is 2.14. The number of Topliss-reactive ketones (excluding diaryl/α,β-unsaturated/α-hetero) is 1. The van der Waals surface area contributed by atoms with Crippen LogP contribution in [0.5, 0.6) is 0 Å². The maximum Gasteiger partial charge on any atom is 0.166 e. The molecular weight excluding hydrogens is 152 g/mol. The average Bonchev–Trinajstić information content (AvgIpc) is 2.33. The Hall–Kier alpha value is -1.05. The molecule has 2 heteroatoms. The topological polar surface area (TPSA) is 30.2 Å². The van der Waals surface area contributed by atoms with Gasteiger partial charge in [0.15, 0.2) is 5.78 Å². The van der Waals surface area contributed by atoms with Crippen molar-refractivity contribution in [3.63, 3.8) is 0 Å². The second kappa shape index (κ2) is 3.57. The first-order chi connectivity index (χ1) is 5.61. The fourth-order valence-corrected chi connectivity index (χ4v) is 1.13. The van der Waals surface area contributed by atoms with Crippen LogP contribution in [-0.4, -0.2) is 5.78 Å². The monoisotopic (exact) mass is 166 g/mol. The van der Waals surface area contributed by atoms with Gasteiger partial charge in [-0.15, -0.1) is 0 Å². The van der Waals surface area contributed by atoms with Crippen LogP contribution in [0, 0.1) is 12.8 Å². The van der Waals surface area contributed by atoms with Crippen LogP contribution in [0.3, 0.4) is 0 Å². The van der Waals surface area contributed by atoms with E-state index in [4.69, 9.17) is 4.42 Å². The molecule has 2 nitrogen and oxygen atoms in total. The molecular formula is C10H14O2. The number of aryl methyl sites for hydroxylation is 1. The molecule has 0 saturated heterocycles. The van der Waals surface area contributed by atoms with Gasteiger partial charge in [-0.3, -0.25) is 4.79 Å². The molecule has 0 saturated carbocycles. The van der Waals surface area contributed by atoms with E-state index in [0.29, 0.717) is 12.3 Å². The largest absolute Gasteiger partial charge is 0.472 e. The molecule has 1 aromatic heterocycles. The first-order valence-electron chi connectivity index (χ1n) is 4.17. The molecule has 0 radical (unpaired) electrons. The highest BCUT2D eigenvalue weighted by molar-refractivity contribution is 5.97. The lowest BCUT2D eigenvalue weighted by Gasteiger charge is -2.01. The third kappa shape index (κ3) is 1.97. The van der Waals surface area contributed by atoms with Crippen LogP contribution in [0.25, 0.3) is 0 Å². The third-order valence-corrected chi connectivity index (χ3v) is 1.75. The lowest BCUT2D eigenvalue weighted by atomic mass is 10.0. The number of furan rings is 1. The summed E-state index contributed by atoms with van der Waals surface area (Å²) in [6.45, 7) is 5.96. The Bertz CT molecular complexity index is 271. The predicted octanol–water partition coefficient (Wildman–Crippen LogP) is 2.82. The van der Waals surface area contributed by atoms with Crippen molar-refractivity contribution in [2.75, 3.05) is 0 Å². The number of hydrogen-bond acceptors (Lipinski definition) is 2. The van der Waals surface area contributed by atoms with E-state index in [9.17, 15) is 4.79 Å². The van der Waals surface area contributed by atoms with E-state index in [1.807, 2.05) is 20.8 Å². The molecule has 0 N–H and O–H groups in total. The van der Waals surface area contributed by atoms with Gasteiger partial charge in [0.1, 0.15) is 6.26 Å². The lowest BCUT2D eigenvalue weighted by molar-refractivity contribution is 0.0967. The summed E-state index contributed by atoms with van der Waals surface area (Å²) in [6.07, 6.45) is 3.73. The van der Waals surface area contributed by atoms with E-state index in [0.717, 1.165) is 11.1 Å². The number of carbonyl (C=O) groups is 1. The SMILES string of the molecule is Cc1cocc1C(=O)CC(C)C. The van der Waals surface area contributed by atoms with Crippen molar-refractivity contribution in [3.8, 4) is 0 Å². The van der Waals surface area contributed by atoms with E-state index in [2.05, 4.69) is 0 Å². The van der Waals surface area contributed by atoms with Gasteiger partial charge < -0.3 is 4.42 Å². The first kappa shape index (κ1) is 9.04. The molecule has 0 atom stereocenters. The minimum absolute atomic E-state index is 0.177. The van der Waals surface area contributed by atoms with Crippen LogP contribution in [0.4, 0.5) is 0 Å². The molecule has 0 unspecified atom stereocenters. The quantitative estimate of drug-likeness (QED) is 0.646. The molecule has 12 heavy (non-hydrogen) atoms. The van der Waals surface area contributed by atoms with E-state index < -0.39 is 0 Å². The van der Waals surface area contributed by atoms with Gasteiger partial charge in [-0.1, -0.05) is 13.8 Å². The van der Waals surface area contributed by atoms with E-state index in [1.54, 1.807) is 6.26 Å². The van der Waals surface area contributed by atoms with Crippen molar-refractivity contribution in [2.45, 2.75) is 27.2 Å². The van der Waals surface area contributed by atoms with Gasteiger partial charge in [0, 0.05) is 6.42 Å². The van der Waals surface area contributed by atoms with E-state index in [-0.39, 0.29) is 5.78 Å². The van der Waals surface area contributed by atoms with Crippen molar-refractivity contribution in [1.29, 1.82) is 0 Å². The van der Waals surface area contributed by atoms with Gasteiger partial charge in [0.25, 0.3) is 0 Å². The second-order valence-corrected chi connectivity index (χ2v) is 3.49. The van der Waals surface area contributed by atoms with Gasteiger partial charge in [-0.25, -0.2) is 0 Å². The molecule has 1 rings (SSSR count). The van der Waals surface area contributed by atoms with Crippen molar-refractivity contribution in [2.24, 2.45) is 5.92 Å². The highest BCUT2D eigenvalue weighted by Gasteiger charge is 2.11. The summed E-state index contributed by atoms with van der Waals surface area (Å²) < 4.78 is 4.93. The number of hydrogen-bond donors (Lipinski definition) is 0. The van der Waals surface area contributed by atoms with Gasteiger partial charge in [0.05, 0.1) is 11.8 Å². The molecule has 0 aromatic carbocycles. The average molecular weight is 166 g/mol.